The van der Waals surface area contributed by atoms with Gasteiger partial charge in [-0.25, -0.2) is 14.1 Å². The largest absolute Gasteiger partial charge is 0.507 e. The summed E-state index contributed by atoms with van der Waals surface area (Å²) in [5, 5.41) is 29.5. The van der Waals surface area contributed by atoms with Gasteiger partial charge in [0, 0.05) is 29.6 Å². The molecule has 0 amide bonds. The van der Waals surface area contributed by atoms with Gasteiger partial charge in [-0.2, -0.15) is 0 Å². The lowest BCUT2D eigenvalue weighted by atomic mass is 9.84. The summed E-state index contributed by atoms with van der Waals surface area (Å²) in [6.45, 7) is 4.24. The summed E-state index contributed by atoms with van der Waals surface area (Å²) >= 11 is 0. The summed E-state index contributed by atoms with van der Waals surface area (Å²) in [5.41, 5.74) is 1.36. The maximum absolute atomic E-state index is 14.8. The van der Waals surface area contributed by atoms with Crippen molar-refractivity contribution in [3.05, 3.63) is 36.8 Å². The molecule has 0 aliphatic carbocycles. The summed E-state index contributed by atoms with van der Waals surface area (Å²) < 4.78 is 22.1. The molecule has 0 radical (unpaired) electrons. The monoisotopic (exact) mass is 411 g/mol. The van der Waals surface area contributed by atoms with Crippen molar-refractivity contribution in [3.8, 4) is 28.7 Å². The van der Waals surface area contributed by atoms with E-state index in [1.54, 1.807) is 30.6 Å². The molecule has 2 aliphatic heterocycles. The number of nitrogens with zero attached hydrogens (tertiary/aromatic N) is 6. The van der Waals surface area contributed by atoms with Crippen LogP contribution >= 0.6 is 0 Å². The topological polar surface area (TPSA) is 111 Å². The fourth-order valence-electron chi connectivity index (χ4n) is 4.43. The van der Waals surface area contributed by atoms with Crippen molar-refractivity contribution >= 4 is 0 Å². The molecule has 2 bridgehead atoms. The van der Waals surface area contributed by atoms with Gasteiger partial charge in [0.25, 0.3) is 0 Å². The zero-order valence-corrected chi connectivity index (χ0v) is 16.6. The molecule has 9 nitrogen and oxygen atoms in total. The average molecular weight is 411 g/mol. The maximum atomic E-state index is 14.8. The molecule has 3 aromatic rings. The summed E-state index contributed by atoms with van der Waals surface area (Å²) in [4.78, 5) is 4.19. The molecular formula is C20H22FN7O2. The van der Waals surface area contributed by atoms with Crippen molar-refractivity contribution in [3.63, 3.8) is 0 Å². The first-order valence-corrected chi connectivity index (χ1v) is 9.91. The van der Waals surface area contributed by atoms with Crippen LogP contribution in [0, 0.1) is 5.92 Å². The molecule has 0 saturated carbocycles. The zero-order valence-electron chi connectivity index (χ0n) is 16.6. The van der Waals surface area contributed by atoms with Crippen LogP contribution in [0.2, 0.25) is 0 Å². The number of aromatic hydroxyl groups is 1. The van der Waals surface area contributed by atoms with E-state index in [9.17, 15) is 9.50 Å². The van der Waals surface area contributed by atoms with Crippen molar-refractivity contribution in [2.45, 2.75) is 50.5 Å². The number of halogens is 1. The third-order valence-electron chi connectivity index (χ3n) is 6.32. The van der Waals surface area contributed by atoms with Crippen LogP contribution in [-0.2, 0) is 0 Å². The molecule has 10 heteroatoms. The van der Waals surface area contributed by atoms with Crippen LogP contribution in [0.4, 0.5) is 4.39 Å². The van der Waals surface area contributed by atoms with Crippen LogP contribution in [0.15, 0.2) is 36.8 Å². The van der Waals surface area contributed by atoms with Gasteiger partial charge >= 0.3 is 6.01 Å². The van der Waals surface area contributed by atoms with Gasteiger partial charge in [0.15, 0.2) is 6.17 Å². The second-order valence-corrected chi connectivity index (χ2v) is 8.28. The van der Waals surface area contributed by atoms with Crippen LogP contribution in [0.25, 0.3) is 16.9 Å². The normalized spacial score (nSPS) is 30.4. The number of ether oxygens (including phenoxy) is 1. The molecule has 30 heavy (non-hydrogen) atoms. The number of rotatable bonds is 4. The van der Waals surface area contributed by atoms with Crippen LogP contribution < -0.4 is 10.1 Å². The summed E-state index contributed by atoms with van der Waals surface area (Å²) in [7, 11) is 0. The van der Waals surface area contributed by atoms with Gasteiger partial charge < -0.3 is 15.2 Å². The Hall–Kier alpha value is -3.14. The Balaban J connectivity index is 1.33. The Morgan fingerprint density at radius 3 is 2.90 bits per heavy atom. The SMILES string of the molecule is CC1CC2N[C@]1(C)C[C@H](Oc1ncc(-c3ccc(-n4ccnn4)cc3O)nn1)[C@H]2F. The second kappa shape index (κ2) is 6.98. The van der Waals surface area contributed by atoms with Gasteiger partial charge in [-0.15, -0.1) is 10.2 Å². The first-order valence-electron chi connectivity index (χ1n) is 9.91. The molecule has 0 spiro atoms. The lowest BCUT2D eigenvalue weighted by Crippen LogP contribution is -2.58. The van der Waals surface area contributed by atoms with E-state index in [1.807, 2.05) is 0 Å². The van der Waals surface area contributed by atoms with E-state index in [0.29, 0.717) is 29.3 Å². The summed E-state index contributed by atoms with van der Waals surface area (Å²) in [5.74, 6) is 0.382. The van der Waals surface area contributed by atoms with Crippen LogP contribution in [-0.4, -0.2) is 59.1 Å². The molecule has 2 saturated heterocycles. The highest BCUT2D eigenvalue weighted by Crippen LogP contribution is 2.42. The van der Waals surface area contributed by atoms with Crippen molar-refractivity contribution < 1.29 is 14.2 Å². The smallest absolute Gasteiger partial charge is 0.336 e. The molecule has 1 aromatic carbocycles. The van der Waals surface area contributed by atoms with Gasteiger partial charge in [0.2, 0.25) is 0 Å². The van der Waals surface area contributed by atoms with Crippen molar-refractivity contribution in [2.75, 3.05) is 0 Å². The van der Waals surface area contributed by atoms with Crippen LogP contribution in [0.5, 0.6) is 11.8 Å². The van der Waals surface area contributed by atoms with E-state index >= 15 is 0 Å². The van der Waals surface area contributed by atoms with Crippen molar-refractivity contribution in [1.29, 1.82) is 0 Å². The molecular weight excluding hydrogens is 389 g/mol. The Kier molecular flexibility index (Phi) is 4.39. The van der Waals surface area contributed by atoms with Crippen LogP contribution in [0.1, 0.15) is 26.7 Å². The maximum Gasteiger partial charge on any atom is 0.336 e. The molecule has 4 heterocycles. The zero-order chi connectivity index (χ0) is 20.9. The number of hydrogen-bond acceptors (Lipinski definition) is 8. The third kappa shape index (κ3) is 3.17. The van der Waals surface area contributed by atoms with Crippen molar-refractivity contribution in [2.24, 2.45) is 5.92 Å². The van der Waals surface area contributed by atoms with E-state index < -0.39 is 12.3 Å². The quantitative estimate of drug-likeness (QED) is 0.671. The van der Waals surface area contributed by atoms with Crippen molar-refractivity contribution in [1.82, 2.24) is 35.5 Å². The lowest BCUT2D eigenvalue weighted by molar-refractivity contribution is 0.0168. The molecule has 2 aromatic heterocycles. The number of piperidine rings is 1. The van der Waals surface area contributed by atoms with Gasteiger partial charge in [-0.1, -0.05) is 17.2 Å². The number of phenols is 1. The van der Waals surface area contributed by atoms with Crippen LogP contribution in [0.3, 0.4) is 0 Å². The standard InChI is InChI=1S/C20H22FN7O2/c1-11-7-14-18(21)17(9-20(11,2)24-14)30-19-22-10-15(25-26-19)13-4-3-12(8-16(13)29)28-6-5-23-27-28/h3-6,8,10-11,14,17-18,24,29H,7,9H2,1-2H3/t11?,14?,17-,18-,20+/m0/s1. The molecule has 156 valence electrons. The molecule has 2 aliphatic rings. The first-order chi connectivity index (χ1) is 14.4. The Morgan fingerprint density at radius 2 is 2.20 bits per heavy atom. The fourth-order valence-corrected chi connectivity index (χ4v) is 4.43. The van der Waals surface area contributed by atoms with E-state index in [0.717, 1.165) is 6.42 Å². The Labute approximate surface area is 172 Å². The second-order valence-electron chi connectivity index (χ2n) is 8.28. The highest BCUT2D eigenvalue weighted by molar-refractivity contribution is 5.67. The lowest BCUT2D eigenvalue weighted by Gasteiger charge is -2.39. The Morgan fingerprint density at radius 1 is 1.33 bits per heavy atom. The number of hydrogen-bond donors (Lipinski definition) is 2. The molecule has 2 N–H and O–H groups in total. The average Bonchev–Trinajstić information content (AvgIpc) is 3.34. The van der Waals surface area contributed by atoms with E-state index in [1.165, 1.54) is 10.9 Å². The fraction of sp³-hybridized carbons (Fsp3) is 0.450. The van der Waals surface area contributed by atoms with Gasteiger partial charge in [0.05, 0.1) is 24.3 Å². The first kappa shape index (κ1) is 18.9. The van der Waals surface area contributed by atoms with E-state index in [-0.39, 0.29) is 23.3 Å². The highest BCUT2D eigenvalue weighted by atomic mass is 19.1. The molecule has 2 unspecified atom stereocenters. The number of benzene rings is 1. The summed E-state index contributed by atoms with van der Waals surface area (Å²) in [6.07, 6.45) is 4.28. The highest BCUT2D eigenvalue weighted by Gasteiger charge is 2.53. The van der Waals surface area contributed by atoms with E-state index in [2.05, 4.69) is 44.7 Å². The number of aromatic nitrogens is 6. The number of phenolic OH excluding ortho intramolecular Hbond substituents is 1. The minimum Gasteiger partial charge on any atom is -0.507 e. The van der Waals surface area contributed by atoms with Gasteiger partial charge in [-0.3, -0.25) is 0 Å². The molecule has 5 atom stereocenters. The van der Waals surface area contributed by atoms with Gasteiger partial charge in [0.1, 0.15) is 17.5 Å². The minimum atomic E-state index is -1.13. The van der Waals surface area contributed by atoms with E-state index in [4.69, 9.17) is 4.74 Å². The molecule has 5 rings (SSSR count). The number of nitrogens with one attached hydrogen (secondary N) is 1. The minimum absolute atomic E-state index is 0.00781. The predicted octanol–water partition coefficient (Wildman–Crippen LogP) is 2.07. The molecule has 2 fully saturated rings. The van der Waals surface area contributed by atoms with Gasteiger partial charge in [-0.05, 0) is 31.4 Å². The third-order valence-corrected chi connectivity index (χ3v) is 6.32. The Bertz CT molecular complexity index is 1050. The number of alkyl halides is 1. The predicted molar refractivity (Wildman–Crippen MR) is 105 cm³/mol. The summed E-state index contributed by atoms with van der Waals surface area (Å²) in [6, 6.07) is 4.84. The number of fused-ring (bicyclic) bond motifs is 2.